The molecule has 4 nitrogen and oxygen atoms in total. The molecule has 148 valence electrons. The predicted octanol–water partition coefficient (Wildman–Crippen LogP) is 3.03. The molecular weight excluding hydrogens is 334 g/mol. The van der Waals surface area contributed by atoms with Gasteiger partial charge in [0.2, 0.25) is 5.91 Å². The molecule has 0 radical (unpaired) electrons. The molecule has 4 heteroatoms. The Morgan fingerprint density at radius 3 is 2.37 bits per heavy atom. The number of carbonyl (C=O) groups is 1. The third-order valence-corrected chi connectivity index (χ3v) is 6.95. The van der Waals surface area contributed by atoms with Crippen molar-refractivity contribution in [2.75, 3.05) is 45.8 Å². The van der Waals surface area contributed by atoms with Crippen molar-refractivity contribution < 1.29 is 4.79 Å². The molecule has 1 aromatic carbocycles. The highest BCUT2D eigenvalue weighted by atomic mass is 16.2. The van der Waals surface area contributed by atoms with Crippen molar-refractivity contribution in [2.45, 2.75) is 51.0 Å². The second kappa shape index (κ2) is 9.20. The van der Waals surface area contributed by atoms with Gasteiger partial charge in [-0.2, -0.15) is 0 Å². The Bertz CT molecular complexity index is 595. The molecule has 3 aliphatic rings. The van der Waals surface area contributed by atoms with Crippen LogP contribution in [0.3, 0.4) is 0 Å². The summed E-state index contributed by atoms with van der Waals surface area (Å²) in [7, 11) is 0. The number of likely N-dealkylation sites (tertiary alicyclic amines) is 1. The average molecular weight is 370 g/mol. The van der Waals surface area contributed by atoms with Crippen LogP contribution in [0.1, 0.15) is 44.1 Å². The number of carbonyl (C=O) groups excluding carboxylic acids is 1. The largest absolute Gasteiger partial charge is 0.338 e. The fraction of sp³-hybridized carbons (Fsp3) is 0.696. The quantitative estimate of drug-likeness (QED) is 0.798. The van der Waals surface area contributed by atoms with Crippen LogP contribution in [-0.4, -0.2) is 72.5 Å². The summed E-state index contributed by atoms with van der Waals surface area (Å²) >= 11 is 0. The molecule has 0 spiro atoms. The van der Waals surface area contributed by atoms with E-state index in [-0.39, 0.29) is 0 Å². The first kappa shape index (κ1) is 18.9. The molecule has 1 saturated carbocycles. The zero-order valence-electron chi connectivity index (χ0n) is 16.7. The van der Waals surface area contributed by atoms with E-state index in [1.807, 2.05) is 0 Å². The first-order valence-electron chi connectivity index (χ1n) is 11.1. The van der Waals surface area contributed by atoms with Crippen LogP contribution in [-0.2, 0) is 11.2 Å². The van der Waals surface area contributed by atoms with Gasteiger partial charge < -0.3 is 9.80 Å². The molecule has 1 aromatic rings. The number of benzene rings is 1. The first-order chi connectivity index (χ1) is 13.3. The van der Waals surface area contributed by atoms with Crippen molar-refractivity contribution >= 4 is 5.91 Å². The molecule has 3 fully saturated rings. The highest BCUT2D eigenvalue weighted by molar-refractivity contribution is 5.78. The van der Waals surface area contributed by atoms with Crippen LogP contribution in [0.25, 0.3) is 0 Å². The second-order valence-corrected chi connectivity index (χ2v) is 8.69. The summed E-state index contributed by atoms with van der Waals surface area (Å²) in [5.41, 5.74) is 1.42. The van der Waals surface area contributed by atoms with E-state index in [1.54, 1.807) is 0 Å². The van der Waals surface area contributed by atoms with Gasteiger partial charge in [-0.3, -0.25) is 9.69 Å². The van der Waals surface area contributed by atoms with E-state index >= 15 is 0 Å². The van der Waals surface area contributed by atoms with E-state index in [4.69, 9.17) is 0 Å². The van der Waals surface area contributed by atoms with Gasteiger partial charge in [0.05, 0.1) is 6.54 Å². The highest BCUT2D eigenvalue weighted by Gasteiger charge is 2.36. The Morgan fingerprint density at radius 2 is 1.56 bits per heavy atom. The standard InChI is InChI=1S/C23H35N3O/c27-23(26-13-6-10-21-9-4-5-11-22(21)26)19-25-17-15-24(16-18-25)14-12-20-7-2-1-3-8-20/h1-3,7-8,21-22H,4-6,9-19H2. The molecule has 2 unspecified atom stereocenters. The second-order valence-electron chi connectivity index (χ2n) is 8.69. The Hall–Kier alpha value is -1.39. The maximum Gasteiger partial charge on any atom is 0.237 e. The van der Waals surface area contributed by atoms with Crippen LogP contribution in [0.15, 0.2) is 30.3 Å². The minimum absolute atomic E-state index is 0.393. The van der Waals surface area contributed by atoms with Crippen LogP contribution in [0, 0.1) is 5.92 Å². The molecular formula is C23H35N3O. The average Bonchev–Trinajstić information content (AvgIpc) is 2.73. The van der Waals surface area contributed by atoms with E-state index in [2.05, 4.69) is 45.0 Å². The summed E-state index contributed by atoms with van der Waals surface area (Å²) in [6.45, 7) is 7.00. The SMILES string of the molecule is O=C(CN1CCN(CCc2ccccc2)CC1)N1CCCC2CCCCC21. The van der Waals surface area contributed by atoms with Crippen molar-refractivity contribution in [3.05, 3.63) is 35.9 Å². The lowest BCUT2D eigenvalue weighted by Crippen LogP contribution is -2.54. The minimum Gasteiger partial charge on any atom is -0.338 e. The number of piperidine rings is 1. The molecule has 4 rings (SSSR count). The lowest BCUT2D eigenvalue weighted by molar-refractivity contribution is -0.139. The smallest absolute Gasteiger partial charge is 0.237 e. The lowest BCUT2D eigenvalue weighted by atomic mass is 9.78. The predicted molar refractivity (Wildman–Crippen MR) is 110 cm³/mol. The number of fused-ring (bicyclic) bond motifs is 1. The van der Waals surface area contributed by atoms with Crippen LogP contribution in [0.2, 0.25) is 0 Å². The van der Waals surface area contributed by atoms with Gasteiger partial charge in [0.25, 0.3) is 0 Å². The normalized spacial score (nSPS) is 27.3. The van der Waals surface area contributed by atoms with Crippen LogP contribution >= 0.6 is 0 Å². The maximum atomic E-state index is 13.0. The Labute approximate surface area is 164 Å². The van der Waals surface area contributed by atoms with Gasteiger partial charge >= 0.3 is 0 Å². The van der Waals surface area contributed by atoms with Crippen LogP contribution < -0.4 is 0 Å². The zero-order chi connectivity index (χ0) is 18.5. The molecule has 0 aromatic heterocycles. The summed E-state index contributed by atoms with van der Waals surface area (Å²) in [5, 5.41) is 0. The van der Waals surface area contributed by atoms with Crippen molar-refractivity contribution in [1.29, 1.82) is 0 Å². The molecule has 0 N–H and O–H groups in total. The van der Waals surface area contributed by atoms with Crippen molar-refractivity contribution in [2.24, 2.45) is 5.92 Å². The van der Waals surface area contributed by atoms with Crippen molar-refractivity contribution in [3.63, 3.8) is 0 Å². The van der Waals surface area contributed by atoms with Gasteiger partial charge in [-0.25, -0.2) is 0 Å². The van der Waals surface area contributed by atoms with Crippen LogP contribution in [0.5, 0.6) is 0 Å². The Balaban J connectivity index is 1.21. The summed E-state index contributed by atoms with van der Waals surface area (Å²) in [6.07, 6.45) is 8.93. The van der Waals surface area contributed by atoms with E-state index in [0.29, 0.717) is 18.5 Å². The summed E-state index contributed by atoms with van der Waals surface area (Å²) < 4.78 is 0. The topological polar surface area (TPSA) is 26.8 Å². The minimum atomic E-state index is 0.393. The molecule has 2 saturated heterocycles. The third-order valence-electron chi connectivity index (χ3n) is 6.95. The molecule has 0 bridgehead atoms. The summed E-state index contributed by atoms with van der Waals surface area (Å²) in [6, 6.07) is 11.3. The fourth-order valence-corrected chi connectivity index (χ4v) is 5.32. The molecule has 2 aliphatic heterocycles. The van der Waals surface area contributed by atoms with Crippen LogP contribution in [0.4, 0.5) is 0 Å². The molecule has 1 amide bonds. The van der Waals surface area contributed by atoms with Gasteiger partial charge in [-0.05, 0) is 43.6 Å². The summed E-state index contributed by atoms with van der Waals surface area (Å²) in [4.78, 5) is 20.2. The maximum absolute atomic E-state index is 13.0. The van der Waals surface area contributed by atoms with E-state index in [0.717, 1.165) is 51.6 Å². The number of hydrogen-bond donors (Lipinski definition) is 0. The van der Waals surface area contributed by atoms with Crippen molar-refractivity contribution in [1.82, 2.24) is 14.7 Å². The molecule has 2 atom stereocenters. The number of hydrogen-bond acceptors (Lipinski definition) is 3. The van der Waals surface area contributed by atoms with Gasteiger partial charge in [0.15, 0.2) is 0 Å². The van der Waals surface area contributed by atoms with Gasteiger partial charge in [-0.1, -0.05) is 43.2 Å². The zero-order valence-corrected chi connectivity index (χ0v) is 16.7. The van der Waals surface area contributed by atoms with Gasteiger partial charge in [0.1, 0.15) is 0 Å². The number of amides is 1. The Morgan fingerprint density at radius 1 is 0.852 bits per heavy atom. The molecule has 27 heavy (non-hydrogen) atoms. The number of rotatable bonds is 5. The number of nitrogens with zero attached hydrogens (tertiary/aromatic N) is 3. The molecule has 2 heterocycles. The first-order valence-corrected chi connectivity index (χ1v) is 11.1. The van der Waals surface area contributed by atoms with E-state index < -0.39 is 0 Å². The van der Waals surface area contributed by atoms with E-state index in [1.165, 1.54) is 44.1 Å². The van der Waals surface area contributed by atoms with Crippen molar-refractivity contribution in [3.8, 4) is 0 Å². The van der Waals surface area contributed by atoms with Gasteiger partial charge in [-0.15, -0.1) is 0 Å². The molecule has 1 aliphatic carbocycles. The van der Waals surface area contributed by atoms with E-state index in [9.17, 15) is 4.79 Å². The third kappa shape index (κ3) is 4.91. The fourth-order valence-electron chi connectivity index (χ4n) is 5.32. The Kier molecular flexibility index (Phi) is 6.46. The van der Waals surface area contributed by atoms with Gasteiger partial charge in [0, 0.05) is 45.3 Å². The highest BCUT2D eigenvalue weighted by Crippen LogP contribution is 2.35. The lowest BCUT2D eigenvalue weighted by Gasteiger charge is -2.45. The number of piperazine rings is 1. The monoisotopic (exact) mass is 369 g/mol. The summed E-state index contributed by atoms with van der Waals surface area (Å²) in [5.74, 6) is 1.18.